The molecule has 0 saturated carbocycles. The van der Waals surface area contributed by atoms with Gasteiger partial charge in [-0.3, -0.25) is 19.3 Å². The maximum Gasteiger partial charge on any atom is 0.326 e. The van der Waals surface area contributed by atoms with E-state index in [9.17, 15) is 19.2 Å². The first-order valence-corrected chi connectivity index (χ1v) is 10.3. The van der Waals surface area contributed by atoms with Gasteiger partial charge in [0.2, 0.25) is 0 Å². The third-order valence-corrected chi connectivity index (χ3v) is 5.86. The van der Waals surface area contributed by atoms with Crippen LogP contribution in [-0.2, 0) is 24.7 Å². The molecule has 1 aromatic carbocycles. The lowest BCUT2D eigenvalue weighted by molar-refractivity contribution is -0.154. The Morgan fingerprint density at radius 3 is 2.60 bits per heavy atom. The number of benzene rings is 1. The number of esters is 1. The molecule has 4 rings (SSSR count). The third-order valence-electron chi connectivity index (χ3n) is 5.86. The standard InChI is InChI=1S/C21H25N3O6/c25-17(23-10-5-1-2-6-11-23)14-30-18(26)13-24-19(27)21(22-20(24)28)9-12-29-16-8-4-3-7-15(16)21/h3-4,7-8H,1-2,5-6,9-14H2,(H,22,28)/t21-/m0/s1. The smallest absolute Gasteiger partial charge is 0.326 e. The van der Waals surface area contributed by atoms with Gasteiger partial charge >= 0.3 is 12.0 Å². The SMILES string of the molecule is O=C(CN1C(=O)N[C@]2(CCOc3ccccc32)C1=O)OCC(=O)N1CCCCCC1. The summed E-state index contributed by atoms with van der Waals surface area (Å²) < 4.78 is 10.7. The van der Waals surface area contributed by atoms with Crippen molar-refractivity contribution in [2.24, 2.45) is 0 Å². The van der Waals surface area contributed by atoms with E-state index in [4.69, 9.17) is 9.47 Å². The zero-order valence-corrected chi connectivity index (χ0v) is 16.7. The molecule has 0 aliphatic carbocycles. The maximum atomic E-state index is 13.1. The van der Waals surface area contributed by atoms with Crippen molar-refractivity contribution < 1.29 is 28.7 Å². The van der Waals surface area contributed by atoms with Crippen molar-refractivity contribution in [1.29, 1.82) is 0 Å². The Morgan fingerprint density at radius 1 is 1.10 bits per heavy atom. The minimum atomic E-state index is -1.24. The van der Waals surface area contributed by atoms with Crippen molar-refractivity contribution in [3.63, 3.8) is 0 Å². The highest BCUT2D eigenvalue weighted by Crippen LogP contribution is 2.40. The van der Waals surface area contributed by atoms with Crippen LogP contribution in [0, 0.1) is 0 Å². The molecule has 0 unspecified atom stereocenters. The Bertz CT molecular complexity index is 864. The van der Waals surface area contributed by atoms with Crippen LogP contribution in [0.1, 0.15) is 37.7 Å². The van der Waals surface area contributed by atoms with Crippen LogP contribution in [0.2, 0.25) is 0 Å². The lowest BCUT2D eigenvalue weighted by Gasteiger charge is -2.33. The van der Waals surface area contributed by atoms with Crippen LogP contribution in [0.15, 0.2) is 24.3 Å². The highest BCUT2D eigenvalue weighted by atomic mass is 16.5. The average molecular weight is 415 g/mol. The van der Waals surface area contributed by atoms with Crippen LogP contribution >= 0.6 is 0 Å². The largest absolute Gasteiger partial charge is 0.493 e. The number of urea groups is 1. The molecule has 1 atom stereocenters. The summed E-state index contributed by atoms with van der Waals surface area (Å²) >= 11 is 0. The maximum absolute atomic E-state index is 13.1. The zero-order valence-electron chi connectivity index (χ0n) is 16.7. The van der Waals surface area contributed by atoms with Crippen molar-refractivity contribution in [2.45, 2.75) is 37.6 Å². The second-order valence-corrected chi connectivity index (χ2v) is 7.78. The monoisotopic (exact) mass is 415 g/mol. The van der Waals surface area contributed by atoms with Gasteiger partial charge in [-0.15, -0.1) is 0 Å². The van der Waals surface area contributed by atoms with Crippen LogP contribution in [0.5, 0.6) is 5.75 Å². The number of hydrogen-bond donors (Lipinski definition) is 1. The number of fused-ring (bicyclic) bond motifs is 2. The van der Waals surface area contributed by atoms with Gasteiger partial charge in [0.15, 0.2) is 12.1 Å². The van der Waals surface area contributed by atoms with Gasteiger partial charge in [0.25, 0.3) is 11.8 Å². The molecule has 3 heterocycles. The fourth-order valence-electron chi connectivity index (χ4n) is 4.24. The predicted molar refractivity (Wildman–Crippen MR) is 104 cm³/mol. The van der Waals surface area contributed by atoms with Gasteiger partial charge in [0, 0.05) is 25.1 Å². The molecule has 30 heavy (non-hydrogen) atoms. The van der Waals surface area contributed by atoms with Gasteiger partial charge < -0.3 is 19.7 Å². The second kappa shape index (κ2) is 8.33. The van der Waals surface area contributed by atoms with Crippen LogP contribution in [0.4, 0.5) is 4.79 Å². The van der Waals surface area contributed by atoms with Gasteiger partial charge in [-0.2, -0.15) is 0 Å². The number of hydrogen-bond acceptors (Lipinski definition) is 6. The summed E-state index contributed by atoms with van der Waals surface area (Å²) in [4.78, 5) is 52.7. The Labute approximate surface area is 174 Å². The molecule has 160 valence electrons. The van der Waals surface area contributed by atoms with Gasteiger partial charge in [-0.1, -0.05) is 31.0 Å². The molecule has 0 aromatic heterocycles. The number of nitrogens with one attached hydrogen (secondary N) is 1. The molecular weight excluding hydrogens is 390 g/mol. The van der Waals surface area contributed by atoms with Gasteiger partial charge in [-0.25, -0.2) is 4.79 Å². The number of amides is 4. The molecule has 9 heteroatoms. The number of likely N-dealkylation sites (tertiary alicyclic amines) is 1. The molecule has 9 nitrogen and oxygen atoms in total. The molecule has 1 aromatic rings. The van der Waals surface area contributed by atoms with Gasteiger partial charge in [0.05, 0.1) is 6.61 Å². The third kappa shape index (κ3) is 3.71. The minimum absolute atomic E-state index is 0.253. The Hall–Kier alpha value is -3.10. The Kier molecular flexibility index (Phi) is 5.61. The summed E-state index contributed by atoms with van der Waals surface area (Å²) in [6, 6.07) is 6.36. The van der Waals surface area contributed by atoms with Crippen molar-refractivity contribution >= 4 is 23.8 Å². The number of para-hydroxylation sites is 1. The summed E-state index contributed by atoms with van der Waals surface area (Å²) in [7, 11) is 0. The van der Waals surface area contributed by atoms with Crippen LogP contribution in [0.25, 0.3) is 0 Å². The normalized spacial score (nSPS) is 23.5. The van der Waals surface area contributed by atoms with E-state index in [1.807, 2.05) is 0 Å². The summed E-state index contributed by atoms with van der Waals surface area (Å²) in [5.41, 5.74) is -0.671. The van der Waals surface area contributed by atoms with Crippen molar-refractivity contribution in [3.05, 3.63) is 29.8 Å². The van der Waals surface area contributed by atoms with Gasteiger partial charge in [-0.05, 0) is 18.9 Å². The van der Waals surface area contributed by atoms with Crippen molar-refractivity contribution in [3.8, 4) is 5.75 Å². The molecule has 0 bridgehead atoms. The quantitative estimate of drug-likeness (QED) is 0.585. The molecule has 0 radical (unpaired) electrons. The first-order chi connectivity index (χ1) is 14.5. The van der Waals surface area contributed by atoms with E-state index >= 15 is 0 Å². The molecule has 1 spiro atoms. The van der Waals surface area contributed by atoms with E-state index in [0.29, 0.717) is 24.4 Å². The number of imide groups is 1. The molecule has 2 fully saturated rings. The number of rotatable bonds is 4. The molecular formula is C21H25N3O6. The van der Waals surface area contributed by atoms with Crippen LogP contribution < -0.4 is 10.1 Å². The average Bonchev–Trinajstić information content (AvgIpc) is 2.94. The Balaban J connectivity index is 1.38. The minimum Gasteiger partial charge on any atom is -0.493 e. The zero-order chi connectivity index (χ0) is 21.1. The van der Waals surface area contributed by atoms with E-state index in [1.54, 1.807) is 29.2 Å². The summed E-state index contributed by atoms with van der Waals surface area (Å²) in [5.74, 6) is -1.03. The number of carbonyl (C=O) groups is 4. The van der Waals surface area contributed by atoms with E-state index in [-0.39, 0.29) is 25.5 Å². The summed E-state index contributed by atoms with van der Waals surface area (Å²) in [5, 5.41) is 2.73. The van der Waals surface area contributed by atoms with Crippen LogP contribution in [0.3, 0.4) is 0 Å². The van der Waals surface area contributed by atoms with Crippen molar-refractivity contribution in [1.82, 2.24) is 15.1 Å². The van der Waals surface area contributed by atoms with Crippen LogP contribution in [-0.4, -0.2) is 66.5 Å². The first kappa shape index (κ1) is 20.2. The van der Waals surface area contributed by atoms with E-state index in [1.165, 1.54) is 0 Å². The number of carbonyl (C=O) groups excluding carboxylic acids is 4. The van der Waals surface area contributed by atoms with Gasteiger partial charge in [0.1, 0.15) is 12.3 Å². The second-order valence-electron chi connectivity index (χ2n) is 7.78. The first-order valence-electron chi connectivity index (χ1n) is 10.3. The summed E-state index contributed by atoms with van der Waals surface area (Å²) in [6.07, 6.45) is 4.33. The molecule has 2 saturated heterocycles. The summed E-state index contributed by atoms with van der Waals surface area (Å²) in [6.45, 7) is 0.666. The highest BCUT2D eigenvalue weighted by Gasteiger charge is 2.55. The Morgan fingerprint density at radius 2 is 1.83 bits per heavy atom. The molecule has 1 N–H and O–H groups in total. The number of ether oxygens (including phenoxy) is 2. The van der Waals surface area contributed by atoms with E-state index in [0.717, 1.165) is 30.6 Å². The molecule has 3 aliphatic rings. The fourth-order valence-corrected chi connectivity index (χ4v) is 4.24. The topological polar surface area (TPSA) is 105 Å². The molecule has 4 amide bonds. The van der Waals surface area contributed by atoms with Crippen molar-refractivity contribution in [2.75, 3.05) is 32.8 Å². The fraction of sp³-hybridized carbons (Fsp3) is 0.524. The molecule has 3 aliphatic heterocycles. The van der Waals surface area contributed by atoms with E-state index < -0.39 is 30.0 Å². The number of nitrogens with zero attached hydrogens (tertiary/aromatic N) is 2. The lowest BCUT2D eigenvalue weighted by Crippen LogP contribution is -2.47. The lowest BCUT2D eigenvalue weighted by atomic mass is 9.84. The predicted octanol–water partition coefficient (Wildman–Crippen LogP) is 1.16. The van der Waals surface area contributed by atoms with E-state index in [2.05, 4.69) is 5.32 Å². The highest BCUT2D eigenvalue weighted by molar-refractivity contribution is 6.09.